The molecule has 1 aliphatic carbocycles. The van der Waals surface area contributed by atoms with Crippen molar-refractivity contribution in [2.75, 3.05) is 0 Å². The predicted molar refractivity (Wildman–Crippen MR) is 67.0 cm³/mol. The summed E-state index contributed by atoms with van der Waals surface area (Å²) in [5.74, 6) is 0.474. The molecule has 3 atom stereocenters. The zero-order chi connectivity index (χ0) is 12.1. The Hall–Kier alpha value is -1.81. The van der Waals surface area contributed by atoms with Crippen LogP contribution in [-0.4, -0.2) is 17.0 Å². The first-order valence-corrected chi connectivity index (χ1v) is 6.44. The lowest BCUT2D eigenvalue weighted by molar-refractivity contribution is -0.126. The summed E-state index contributed by atoms with van der Waals surface area (Å²) in [4.78, 5) is 12.0. The lowest BCUT2D eigenvalue weighted by atomic mass is 9.77. The Labute approximate surface area is 106 Å². The van der Waals surface area contributed by atoms with Gasteiger partial charge in [-0.1, -0.05) is 24.3 Å². The second-order valence-electron chi connectivity index (χ2n) is 5.18. The van der Waals surface area contributed by atoms with Gasteiger partial charge in [-0.2, -0.15) is 0 Å². The Morgan fingerprint density at radius 3 is 3.11 bits per heavy atom. The van der Waals surface area contributed by atoms with Gasteiger partial charge in [0.05, 0.1) is 6.04 Å². The third-order valence-electron chi connectivity index (χ3n) is 4.29. The molecule has 0 saturated carbocycles. The minimum Gasteiger partial charge on any atom is -0.329 e. The maximum atomic E-state index is 12.0. The van der Waals surface area contributed by atoms with Crippen molar-refractivity contribution in [1.29, 1.82) is 0 Å². The quantitative estimate of drug-likeness (QED) is 0.714. The number of carbonyl (C=O) groups is 1. The van der Waals surface area contributed by atoms with Gasteiger partial charge < -0.3 is 10.3 Å². The van der Waals surface area contributed by atoms with Crippen LogP contribution >= 0.6 is 0 Å². The lowest BCUT2D eigenvalue weighted by Crippen LogP contribution is -2.48. The standard InChI is InChI=1S/C14H15N3O/c18-14-13-11-6-5-9-3-1-2-4-10(9)12(11)16-17(13)8-7-15-14/h1-4,7-8,11-13,16H,5-6H2,(H,15,18). The molecule has 1 fully saturated rings. The topological polar surface area (TPSA) is 44.4 Å². The van der Waals surface area contributed by atoms with Gasteiger partial charge in [-0.15, -0.1) is 0 Å². The molecule has 4 rings (SSSR count). The fourth-order valence-corrected chi connectivity index (χ4v) is 3.48. The van der Waals surface area contributed by atoms with Gasteiger partial charge in [0, 0.05) is 18.3 Å². The molecule has 3 unspecified atom stereocenters. The zero-order valence-corrected chi connectivity index (χ0v) is 9.97. The smallest absolute Gasteiger partial charge is 0.248 e. The minimum absolute atomic E-state index is 0.0617. The van der Waals surface area contributed by atoms with Crippen molar-refractivity contribution in [1.82, 2.24) is 15.8 Å². The molecule has 2 heterocycles. The molecule has 1 amide bonds. The maximum Gasteiger partial charge on any atom is 0.248 e. The molecule has 3 aliphatic rings. The molecule has 1 aromatic carbocycles. The number of nitrogens with zero attached hydrogens (tertiary/aromatic N) is 1. The van der Waals surface area contributed by atoms with Crippen molar-refractivity contribution in [3.8, 4) is 0 Å². The fourth-order valence-electron chi connectivity index (χ4n) is 3.48. The van der Waals surface area contributed by atoms with E-state index < -0.39 is 0 Å². The van der Waals surface area contributed by atoms with Gasteiger partial charge in [-0.05, 0) is 24.0 Å². The van der Waals surface area contributed by atoms with Crippen molar-refractivity contribution in [3.63, 3.8) is 0 Å². The van der Waals surface area contributed by atoms with Gasteiger partial charge in [0.2, 0.25) is 5.91 Å². The van der Waals surface area contributed by atoms with Crippen LogP contribution in [0.4, 0.5) is 0 Å². The van der Waals surface area contributed by atoms with Crippen LogP contribution < -0.4 is 10.7 Å². The van der Waals surface area contributed by atoms with Crippen LogP contribution in [0.1, 0.15) is 23.6 Å². The molecular formula is C14H15N3O. The van der Waals surface area contributed by atoms with E-state index in [1.54, 1.807) is 6.20 Å². The van der Waals surface area contributed by atoms with E-state index in [2.05, 4.69) is 35.0 Å². The van der Waals surface area contributed by atoms with Crippen molar-refractivity contribution in [2.24, 2.45) is 5.92 Å². The van der Waals surface area contributed by atoms with Gasteiger partial charge in [-0.25, -0.2) is 5.43 Å². The number of amides is 1. The number of aryl methyl sites for hydroxylation is 1. The molecule has 0 spiro atoms. The van der Waals surface area contributed by atoms with Crippen LogP contribution in [0.2, 0.25) is 0 Å². The van der Waals surface area contributed by atoms with E-state index >= 15 is 0 Å². The van der Waals surface area contributed by atoms with E-state index in [-0.39, 0.29) is 18.0 Å². The Morgan fingerprint density at radius 1 is 1.28 bits per heavy atom. The molecule has 4 nitrogen and oxygen atoms in total. The fraction of sp³-hybridized carbons (Fsp3) is 0.357. The average Bonchev–Trinajstić information content (AvgIpc) is 2.79. The monoisotopic (exact) mass is 241 g/mol. The molecule has 0 radical (unpaired) electrons. The van der Waals surface area contributed by atoms with Gasteiger partial charge >= 0.3 is 0 Å². The van der Waals surface area contributed by atoms with Crippen LogP contribution in [0.25, 0.3) is 0 Å². The molecule has 0 bridgehead atoms. The Morgan fingerprint density at radius 2 is 2.17 bits per heavy atom. The van der Waals surface area contributed by atoms with Gasteiger partial charge in [0.25, 0.3) is 0 Å². The van der Waals surface area contributed by atoms with Crippen molar-refractivity contribution in [3.05, 3.63) is 47.8 Å². The minimum atomic E-state index is -0.0617. The van der Waals surface area contributed by atoms with E-state index in [9.17, 15) is 4.79 Å². The van der Waals surface area contributed by atoms with Gasteiger partial charge in [0.1, 0.15) is 6.04 Å². The summed E-state index contributed by atoms with van der Waals surface area (Å²) in [7, 11) is 0. The van der Waals surface area contributed by atoms with E-state index in [1.165, 1.54) is 11.1 Å². The largest absolute Gasteiger partial charge is 0.329 e. The van der Waals surface area contributed by atoms with Crippen LogP contribution in [0.3, 0.4) is 0 Å². The number of rotatable bonds is 0. The Balaban J connectivity index is 1.77. The lowest BCUT2D eigenvalue weighted by Gasteiger charge is -2.29. The van der Waals surface area contributed by atoms with Gasteiger partial charge in [-0.3, -0.25) is 4.79 Å². The number of fused-ring (bicyclic) bond motifs is 5. The second-order valence-corrected chi connectivity index (χ2v) is 5.18. The number of benzene rings is 1. The van der Waals surface area contributed by atoms with E-state index in [0.29, 0.717) is 5.92 Å². The van der Waals surface area contributed by atoms with E-state index in [1.807, 2.05) is 11.2 Å². The summed E-state index contributed by atoms with van der Waals surface area (Å²) < 4.78 is 0. The third-order valence-corrected chi connectivity index (χ3v) is 4.29. The highest BCUT2D eigenvalue weighted by atomic mass is 16.2. The molecule has 2 aliphatic heterocycles. The molecule has 18 heavy (non-hydrogen) atoms. The normalized spacial score (nSPS) is 32.6. The van der Waals surface area contributed by atoms with Crippen molar-refractivity contribution in [2.45, 2.75) is 24.9 Å². The number of hydrazine groups is 1. The van der Waals surface area contributed by atoms with Crippen LogP contribution in [0.5, 0.6) is 0 Å². The first kappa shape index (κ1) is 10.1. The summed E-state index contributed by atoms with van der Waals surface area (Å²) in [6.45, 7) is 0. The first-order chi connectivity index (χ1) is 8.84. The number of carbonyl (C=O) groups excluding carboxylic acids is 1. The highest BCUT2D eigenvalue weighted by Gasteiger charge is 2.47. The molecular weight excluding hydrogens is 226 g/mol. The molecule has 0 aromatic heterocycles. The molecule has 1 aromatic rings. The van der Waals surface area contributed by atoms with Crippen LogP contribution in [0.15, 0.2) is 36.7 Å². The van der Waals surface area contributed by atoms with E-state index in [4.69, 9.17) is 0 Å². The maximum absolute atomic E-state index is 12.0. The highest BCUT2D eigenvalue weighted by molar-refractivity contribution is 5.84. The average molecular weight is 241 g/mol. The Kier molecular flexibility index (Phi) is 2.02. The van der Waals surface area contributed by atoms with Crippen LogP contribution in [0, 0.1) is 5.92 Å². The molecule has 1 saturated heterocycles. The summed E-state index contributed by atoms with van der Waals surface area (Å²) >= 11 is 0. The highest BCUT2D eigenvalue weighted by Crippen LogP contribution is 2.42. The van der Waals surface area contributed by atoms with Crippen molar-refractivity contribution >= 4 is 5.91 Å². The summed E-state index contributed by atoms with van der Waals surface area (Å²) in [5.41, 5.74) is 6.23. The summed E-state index contributed by atoms with van der Waals surface area (Å²) in [6.07, 6.45) is 5.76. The molecule has 4 heteroatoms. The SMILES string of the molecule is O=C1NC=CN2NC3c4ccccc4CCC3C12. The number of hydrogen-bond donors (Lipinski definition) is 2. The first-order valence-electron chi connectivity index (χ1n) is 6.44. The van der Waals surface area contributed by atoms with Crippen molar-refractivity contribution < 1.29 is 4.79 Å². The zero-order valence-electron chi connectivity index (χ0n) is 9.97. The number of nitrogens with one attached hydrogen (secondary N) is 2. The van der Waals surface area contributed by atoms with Gasteiger partial charge in [0.15, 0.2) is 0 Å². The Bertz CT molecular complexity index is 540. The molecule has 2 N–H and O–H groups in total. The number of hydrogen-bond acceptors (Lipinski definition) is 3. The van der Waals surface area contributed by atoms with E-state index in [0.717, 1.165) is 12.8 Å². The summed E-state index contributed by atoms with van der Waals surface area (Å²) in [5, 5.41) is 4.78. The predicted octanol–water partition coefficient (Wildman–Crippen LogP) is 1.08. The van der Waals surface area contributed by atoms with Crippen LogP contribution in [-0.2, 0) is 11.2 Å². The second kappa shape index (κ2) is 3.59. The summed E-state index contributed by atoms with van der Waals surface area (Å²) in [6, 6.07) is 8.76. The third kappa shape index (κ3) is 1.26. The molecule has 92 valence electrons.